The molecule has 1 aliphatic carbocycles. The molecule has 1 aliphatic rings. The summed E-state index contributed by atoms with van der Waals surface area (Å²) in [7, 11) is 0. The zero-order valence-corrected chi connectivity index (χ0v) is 12.2. The predicted molar refractivity (Wildman–Crippen MR) is 80.3 cm³/mol. The van der Waals surface area contributed by atoms with E-state index in [4.69, 9.17) is 0 Å². The highest BCUT2D eigenvalue weighted by atomic mass is 16.2. The van der Waals surface area contributed by atoms with E-state index in [9.17, 15) is 9.59 Å². The van der Waals surface area contributed by atoms with Crippen molar-refractivity contribution < 1.29 is 9.59 Å². The van der Waals surface area contributed by atoms with Crippen LogP contribution in [-0.4, -0.2) is 11.7 Å². The molecule has 0 heterocycles. The van der Waals surface area contributed by atoms with Gasteiger partial charge in [-0.05, 0) is 24.0 Å². The maximum Gasteiger partial charge on any atom is 0.224 e. The number of Topliss-reactive ketones (excluding diaryl/α,β-unsaturated/α-hetero) is 1. The Morgan fingerprint density at radius 2 is 1.80 bits per heavy atom. The number of nitrogens with one attached hydrogen (secondary N) is 1. The molecule has 1 aromatic rings. The van der Waals surface area contributed by atoms with Crippen molar-refractivity contribution in [3.63, 3.8) is 0 Å². The summed E-state index contributed by atoms with van der Waals surface area (Å²) in [6.45, 7) is 4.13. The Labute approximate surface area is 120 Å². The van der Waals surface area contributed by atoms with Crippen LogP contribution in [0.3, 0.4) is 0 Å². The Balaban J connectivity index is 2.27. The summed E-state index contributed by atoms with van der Waals surface area (Å²) in [5.74, 6) is -0.106. The van der Waals surface area contributed by atoms with Crippen LogP contribution < -0.4 is 5.32 Å². The summed E-state index contributed by atoms with van der Waals surface area (Å²) in [6, 6.07) is 7.59. The van der Waals surface area contributed by atoms with E-state index in [0.717, 1.165) is 36.8 Å². The molecule has 20 heavy (non-hydrogen) atoms. The molecule has 0 unspecified atom stereocenters. The molecule has 0 fully saturated rings. The van der Waals surface area contributed by atoms with E-state index in [0.29, 0.717) is 17.7 Å². The maximum absolute atomic E-state index is 12.4. The lowest BCUT2D eigenvalue weighted by molar-refractivity contribution is -0.120. The molecule has 106 valence electrons. The SMILES string of the molecule is CCCCC(=O)NC1=C(CCC)c2ccccc2C1=O. The van der Waals surface area contributed by atoms with E-state index in [1.54, 1.807) is 0 Å². The van der Waals surface area contributed by atoms with E-state index >= 15 is 0 Å². The van der Waals surface area contributed by atoms with Crippen LogP contribution in [0.1, 0.15) is 61.9 Å². The lowest BCUT2D eigenvalue weighted by atomic mass is 10.0. The summed E-state index contributed by atoms with van der Waals surface area (Å²) in [4.78, 5) is 24.3. The number of amides is 1. The highest BCUT2D eigenvalue weighted by Gasteiger charge is 2.29. The minimum atomic E-state index is -0.0587. The first kappa shape index (κ1) is 14.5. The molecule has 2 rings (SSSR count). The van der Waals surface area contributed by atoms with Crippen LogP contribution >= 0.6 is 0 Å². The molecule has 0 saturated carbocycles. The summed E-state index contributed by atoms with van der Waals surface area (Å²) in [6.07, 6.45) is 4.06. The van der Waals surface area contributed by atoms with E-state index in [-0.39, 0.29) is 11.7 Å². The molecular weight excluding hydrogens is 250 g/mol. The first-order valence-electron chi connectivity index (χ1n) is 7.36. The number of hydrogen-bond donors (Lipinski definition) is 1. The lowest BCUT2D eigenvalue weighted by Crippen LogP contribution is -2.26. The Kier molecular flexibility index (Phi) is 4.72. The summed E-state index contributed by atoms with van der Waals surface area (Å²) < 4.78 is 0. The molecule has 3 nitrogen and oxygen atoms in total. The van der Waals surface area contributed by atoms with Gasteiger partial charge in [-0.15, -0.1) is 0 Å². The molecule has 0 aromatic heterocycles. The van der Waals surface area contributed by atoms with Crippen LogP contribution in [0, 0.1) is 0 Å². The Morgan fingerprint density at radius 1 is 1.10 bits per heavy atom. The van der Waals surface area contributed by atoms with Crippen LogP contribution in [-0.2, 0) is 4.79 Å². The van der Waals surface area contributed by atoms with E-state index in [2.05, 4.69) is 12.2 Å². The molecule has 0 bridgehead atoms. The third kappa shape index (κ3) is 2.82. The van der Waals surface area contributed by atoms with E-state index in [1.807, 2.05) is 31.2 Å². The quantitative estimate of drug-likeness (QED) is 0.857. The fraction of sp³-hybridized carbons (Fsp3) is 0.412. The Bertz CT molecular complexity index is 558. The Hall–Kier alpha value is -1.90. The van der Waals surface area contributed by atoms with Crippen molar-refractivity contribution in [1.82, 2.24) is 5.32 Å². The number of unbranched alkanes of at least 4 members (excludes halogenated alkanes) is 1. The third-order valence-electron chi connectivity index (χ3n) is 3.55. The normalized spacial score (nSPS) is 13.6. The number of allylic oxidation sites excluding steroid dienone is 2. The zero-order valence-electron chi connectivity index (χ0n) is 12.2. The van der Waals surface area contributed by atoms with Crippen LogP contribution in [0.5, 0.6) is 0 Å². The van der Waals surface area contributed by atoms with Crippen LogP contribution in [0.4, 0.5) is 0 Å². The monoisotopic (exact) mass is 271 g/mol. The maximum atomic E-state index is 12.4. The van der Waals surface area contributed by atoms with Crippen molar-refractivity contribution >= 4 is 17.3 Å². The first-order chi connectivity index (χ1) is 9.69. The highest BCUT2D eigenvalue weighted by molar-refractivity contribution is 6.21. The number of hydrogen-bond acceptors (Lipinski definition) is 2. The number of fused-ring (bicyclic) bond motifs is 1. The summed E-state index contributed by atoms with van der Waals surface area (Å²) in [5.41, 5.74) is 3.17. The van der Waals surface area contributed by atoms with Crippen molar-refractivity contribution in [3.05, 3.63) is 41.1 Å². The van der Waals surface area contributed by atoms with Gasteiger partial charge in [-0.25, -0.2) is 0 Å². The molecule has 0 saturated heterocycles. The summed E-state index contributed by atoms with van der Waals surface area (Å²) in [5, 5.41) is 2.84. The number of carbonyl (C=O) groups excluding carboxylic acids is 2. The smallest absolute Gasteiger partial charge is 0.224 e. The van der Waals surface area contributed by atoms with Crippen molar-refractivity contribution in [2.45, 2.75) is 46.0 Å². The van der Waals surface area contributed by atoms with Gasteiger partial charge in [0, 0.05) is 12.0 Å². The molecule has 0 radical (unpaired) electrons. The topological polar surface area (TPSA) is 46.2 Å². The van der Waals surface area contributed by atoms with Gasteiger partial charge in [-0.2, -0.15) is 0 Å². The van der Waals surface area contributed by atoms with Gasteiger partial charge >= 0.3 is 0 Å². The molecule has 1 amide bonds. The lowest BCUT2D eigenvalue weighted by Gasteiger charge is -2.08. The second-order valence-corrected chi connectivity index (χ2v) is 5.13. The second kappa shape index (κ2) is 6.51. The van der Waals surface area contributed by atoms with E-state index < -0.39 is 0 Å². The highest BCUT2D eigenvalue weighted by Crippen LogP contribution is 2.34. The van der Waals surface area contributed by atoms with Gasteiger partial charge in [0.1, 0.15) is 0 Å². The molecule has 0 aliphatic heterocycles. The molecule has 0 spiro atoms. The van der Waals surface area contributed by atoms with Crippen molar-refractivity contribution in [3.8, 4) is 0 Å². The molecule has 1 aromatic carbocycles. The molecule has 0 atom stereocenters. The summed E-state index contributed by atoms with van der Waals surface area (Å²) >= 11 is 0. The van der Waals surface area contributed by atoms with Gasteiger partial charge in [-0.3, -0.25) is 9.59 Å². The Morgan fingerprint density at radius 3 is 2.45 bits per heavy atom. The number of rotatable bonds is 6. The average molecular weight is 271 g/mol. The number of ketones is 1. The first-order valence-corrected chi connectivity index (χ1v) is 7.36. The molecule has 1 N–H and O–H groups in total. The van der Waals surface area contributed by atoms with Crippen LogP contribution in [0.2, 0.25) is 0 Å². The average Bonchev–Trinajstić information content (AvgIpc) is 2.72. The van der Waals surface area contributed by atoms with E-state index in [1.165, 1.54) is 0 Å². The van der Waals surface area contributed by atoms with Gasteiger partial charge in [0.25, 0.3) is 0 Å². The zero-order chi connectivity index (χ0) is 14.5. The van der Waals surface area contributed by atoms with Gasteiger partial charge < -0.3 is 5.32 Å². The molecule has 3 heteroatoms. The fourth-order valence-corrected chi connectivity index (χ4v) is 2.53. The second-order valence-electron chi connectivity index (χ2n) is 5.13. The van der Waals surface area contributed by atoms with Crippen LogP contribution in [0.25, 0.3) is 5.57 Å². The van der Waals surface area contributed by atoms with Crippen molar-refractivity contribution in [2.24, 2.45) is 0 Å². The molecular formula is C17H21NO2. The van der Waals surface area contributed by atoms with Crippen molar-refractivity contribution in [2.75, 3.05) is 0 Å². The van der Waals surface area contributed by atoms with Gasteiger partial charge in [-0.1, -0.05) is 51.0 Å². The van der Waals surface area contributed by atoms with Crippen molar-refractivity contribution in [1.29, 1.82) is 0 Å². The van der Waals surface area contributed by atoms with Gasteiger partial charge in [0.05, 0.1) is 5.70 Å². The minimum Gasteiger partial charge on any atom is -0.323 e. The standard InChI is InChI=1S/C17H21NO2/c1-3-5-11-15(19)18-16-13(8-4-2)12-9-6-7-10-14(12)17(16)20/h6-7,9-10H,3-5,8,11H2,1-2H3,(H,18,19,20). The third-order valence-corrected chi connectivity index (χ3v) is 3.55. The van der Waals surface area contributed by atoms with Gasteiger partial charge in [0.2, 0.25) is 11.7 Å². The van der Waals surface area contributed by atoms with Gasteiger partial charge in [0.15, 0.2) is 0 Å². The predicted octanol–water partition coefficient (Wildman–Crippen LogP) is 3.70. The number of benzene rings is 1. The minimum absolute atomic E-state index is 0.0473. The van der Waals surface area contributed by atoms with Crippen LogP contribution in [0.15, 0.2) is 30.0 Å². The fourth-order valence-electron chi connectivity index (χ4n) is 2.53. The largest absolute Gasteiger partial charge is 0.323 e. The number of carbonyl (C=O) groups is 2.